The lowest BCUT2D eigenvalue weighted by molar-refractivity contribution is 0.248. The zero-order chi connectivity index (χ0) is 23.4. The summed E-state index contributed by atoms with van der Waals surface area (Å²) in [7, 11) is -0.233. The van der Waals surface area contributed by atoms with Gasteiger partial charge < -0.3 is 9.47 Å². The van der Waals surface area contributed by atoms with Crippen LogP contribution < -0.4 is 14.2 Å². The van der Waals surface area contributed by atoms with Gasteiger partial charge in [-0.25, -0.2) is 13.1 Å². The number of halogens is 1. The number of fused-ring (bicyclic) bond motifs is 2. The van der Waals surface area contributed by atoms with Crippen molar-refractivity contribution in [2.75, 3.05) is 33.9 Å². The van der Waals surface area contributed by atoms with Gasteiger partial charge in [0.15, 0.2) is 11.5 Å². The fraction of sp³-hybridized carbons (Fsp3) is 0.385. The Morgan fingerprint density at radius 1 is 0.941 bits per heavy atom. The molecule has 3 aromatic rings. The molecule has 34 heavy (non-hydrogen) atoms. The van der Waals surface area contributed by atoms with Crippen molar-refractivity contribution >= 4 is 33.2 Å². The van der Waals surface area contributed by atoms with Crippen LogP contribution in [0.4, 0.5) is 0 Å². The maximum atomic E-state index is 12.9. The molecular weight excluding hydrogens is 472 g/mol. The van der Waals surface area contributed by atoms with E-state index in [0.29, 0.717) is 11.4 Å². The molecule has 0 atom stereocenters. The van der Waals surface area contributed by atoms with Gasteiger partial charge >= 0.3 is 0 Å². The summed E-state index contributed by atoms with van der Waals surface area (Å²) in [4.78, 5) is 2.76. The minimum Gasteiger partial charge on any atom is -0.493 e. The molecule has 1 N–H and O–H groups in total. The normalized spacial score (nSPS) is 13.9. The molecule has 8 heteroatoms. The molecule has 0 fully saturated rings. The van der Waals surface area contributed by atoms with E-state index in [1.54, 1.807) is 20.3 Å². The Kier molecular flexibility index (Phi) is 8.82. The third-order valence-corrected chi connectivity index (χ3v) is 7.90. The van der Waals surface area contributed by atoms with Crippen molar-refractivity contribution in [1.82, 2.24) is 9.62 Å². The van der Waals surface area contributed by atoms with Crippen LogP contribution in [-0.4, -0.2) is 47.2 Å². The minimum atomic E-state index is -3.55. The first kappa shape index (κ1) is 26.3. The molecule has 0 aromatic heterocycles. The summed E-state index contributed by atoms with van der Waals surface area (Å²) in [6.45, 7) is 5.22. The lowest BCUT2D eigenvalue weighted by Gasteiger charge is -2.29. The molecule has 4 rings (SSSR count). The summed E-state index contributed by atoms with van der Waals surface area (Å²) in [5, 5.41) is 1.74. The number of sulfonamides is 1. The van der Waals surface area contributed by atoms with Gasteiger partial charge in [-0.2, -0.15) is 0 Å². The van der Waals surface area contributed by atoms with Crippen molar-refractivity contribution in [2.24, 2.45) is 0 Å². The quantitative estimate of drug-likeness (QED) is 0.428. The molecular formula is C26H33ClN2O4S. The second kappa shape index (κ2) is 11.4. The van der Waals surface area contributed by atoms with E-state index in [1.807, 2.05) is 37.3 Å². The average molecular weight is 505 g/mol. The zero-order valence-electron chi connectivity index (χ0n) is 20.0. The van der Waals surface area contributed by atoms with Crippen LogP contribution in [0.3, 0.4) is 0 Å². The Morgan fingerprint density at radius 3 is 2.32 bits per heavy atom. The van der Waals surface area contributed by atoms with Crippen LogP contribution in [0.2, 0.25) is 0 Å². The van der Waals surface area contributed by atoms with Crippen LogP contribution in [0.5, 0.6) is 11.5 Å². The van der Waals surface area contributed by atoms with Gasteiger partial charge in [-0.15, -0.1) is 12.4 Å². The van der Waals surface area contributed by atoms with Crippen LogP contribution >= 0.6 is 12.4 Å². The van der Waals surface area contributed by atoms with Crippen LogP contribution in [0, 0.1) is 6.92 Å². The van der Waals surface area contributed by atoms with Crippen LogP contribution in [0.1, 0.15) is 29.5 Å². The van der Waals surface area contributed by atoms with E-state index < -0.39 is 10.0 Å². The van der Waals surface area contributed by atoms with E-state index in [4.69, 9.17) is 9.47 Å². The van der Waals surface area contributed by atoms with Crippen LogP contribution in [-0.2, 0) is 23.0 Å². The number of unbranched alkanes of at least 4 members (excludes halogenated alkanes) is 1. The number of aryl methyl sites for hydroxylation is 1. The number of hydrogen-bond donors (Lipinski definition) is 1. The summed E-state index contributed by atoms with van der Waals surface area (Å²) in [5.74, 6) is 1.54. The Hall–Kier alpha value is -2.32. The van der Waals surface area contributed by atoms with Gasteiger partial charge in [0.1, 0.15) is 0 Å². The summed E-state index contributed by atoms with van der Waals surface area (Å²) in [6, 6.07) is 15.4. The molecule has 0 saturated carbocycles. The summed E-state index contributed by atoms with van der Waals surface area (Å²) >= 11 is 0. The van der Waals surface area contributed by atoms with Gasteiger partial charge in [-0.3, -0.25) is 4.90 Å². The van der Waals surface area contributed by atoms with Gasteiger partial charge in [-0.05, 0) is 73.0 Å². The molecule has 184 valence electrons. The molecule has 1 aliphatic rings. The maximum absolute atomic E-state index is 12.9. The molecule has 6 nitrogen and oxygen atoms in total. The summed E-state index contributed by atoms with van der Waals surface area (Å²) in [6.07, 6.45) is 2.70. The van der Waals surface area contributed by atoms with E-state index in [0.717, 1.165) is 66.7 Å². The van der Waals surface area contributed by atoms with Gasteiger partial charge in [0, 0.05) is 25.0 Å². The van der Waals surface area contributed by atoms with Crippen LogP contribution in [0.25, 0.3) is 10.8 Å². The Morgan fingerprint density at radius 2 is 1.62 bits per heavy atom. The first-order valence-corrected chi connectivity index (χ1v) is 12.9. The van der Waals surface area contributed by atoms with Crippen molar-refractivity contribution < 1.29 is 17.9 Å². The van der Waals surface area contributed by atoms with Crippen molar-refractivity contribution in [3.8, 4) is 11.5 Å². The van der Waals surface area contributed by atoms with E-state index in [-0.39, 0.29) is 12.4 Å². The number of ether oxygens (including phenoxy) is 2. The lowest BCUT2D eigenvalue weighted by Crippen LogP contribution is -2.32. The van der Waals surface area contributed by atoms with E-state index in [9.17, 15) is 8.42 Å². The number of rotatable bonds is 9. The minimum absolute atomic E-state index is 0. The standard InChI is InChI=1S/C26H32N2O4S.ClH/c1-19-10-11-26(23-9-5-4-8-22(19)23)33(29,30)27-13-6-7-14-28-15-12-20-16-24(31-2)25(32-3)17-21(20)18-28;/h4-5,8-11,16-17,27H,6-7,12-15,18H2,1-3H3;1H. The molecule has 0 aliphatic carbocycles. The van der Waals surface area contributed by atoms with Crippen LogP contribution in [0.15, 0.2) is 53.4 Å². The fourth-order valence-corrected chi connectivity index (χ4v) is 5.82. The van der Waals surface area contributed by atoms with Crippen molar-refractivity contribution in [2.45, 2.75) is 37.6 Å². The topological polar surface area (TPSA) is 67.9 Å². The first-order valence-electron chi connectivity index (χ1n) is 11.4. The highest BCUT2D eigenvalue weighted by molar-refractivity contribution is 7.89. The van der Waals surface area contributed by atoms with E-state index in [1.165, 1.54) is 11.1 Å². The highest BCUT2D eigenvalue weighted by Crippen LogP contribution is 2.33. The van der Waals surface area contributed by atoms with Crippen molar-refractivity contribution in [1.29, 1.82) is 0 Å². The molecule has 3 aromatic carbocycles. The van der Waals surface area contributed by atoms with E-state index >= 15 is 0 Å². The van der Waals surface area contributed by atoms with Crippen molar-refractivity contribution in [3.05, 3.63) is 65.2 Å². The lowest BCUT2D eigenvalue weighted by atomic mass is 9.98. The van der Waals surface area contributed by atoms with Gasteiger partial charge in [0.2, 0.25) is 10.0 Å². The molecule has 0 radical (unpaired) electrons. The number of hydrogen-bond acceptors (Lipinski definition) is 5. The predicted octanol–water partition coefficient (Wildman–Crippen LogP) is 4.70. The molecule has 0 spiro atoms. The molecule has 0 amide bonds. The Balaban J connectivity index is 0.00000324. The fourth-order valence-electron chi connectivity index (χ4n) is 4.53. The van der Waals surface area contributed by atoms with E-state index in [2.05, 4.69) is 21.8 Å². The highest BCUT2D eigenvalue weighted by atomic mass is 35.5. The highest BCUT2D eigenvalue weighted by Gasteiger charge is 2.20. The molecule has 0 saturated heterocycles. The SMILES string of the molecule is COc1cc2c(cc1OC)CN(CCCCNS(=O)(=O)c1ccc(C)c3ccccc13)CC2.Cl. The average Bonchev–Trinajstić information content (AvgIpc) is 2.83. The molecule has 1 aliphatic heterocycles. The Bertz CT molecular complexity index is 1250. The Labute approximate surface area is 208 Å². The summed E-state index contributed by atoms with van der Waals surface area (Å²) in [5.41, 5.74) is 3.65. The third-order valence-electron chi connectivity index (χ3n) is 6.38. The molecule has 1 heterocycles. The molecule has 0 bridgehead atoms. The largest absolute Gasteiger partial charge is 0.493 e. The monoisotopic (exact) mass is 504 g/mol. The second-order valence-electron chi connectivity index (χ2n) is 8.53. The molecule has 0 unspecified atom stereocenters. The smallest absolute Gasteiger partial charge is 0.241 e. The first-order chi connectivity index (χ1) is 15.9. The maximum Gasteiger partial charge on any atom is 0.241 e. The van der Waals surface area contributed by atoms with Gasteiger partial charge in [0.05, 0.1) is 19.1 Å². The number of benzene rings is 3. The van der Waals surface area contributed by atoms with Crippen molar-refractivity contribution in [3.63, 3.8) is 0 Å². The number of nitrogens with zero attached hydrogens (tertiary/aromatic N) is 1. The predicted molar refractivity (Wildman–Crippen MR) is 139 cm³/mol. The third kappa shape index (κ3) is 5.66. The van der Waals surface area contributed by atoms with Gasteiger partial charge in [0.25, 0.3) is 0 Å². The second-order valence-corrected chi connectivity index (χ2v) is 10.3. The number of methoxy groups -OCH3 is 2. The zero-order valence-corrected chi connectivity index (χ0v) is 21.6. The summed E-state index contributed by atoms with van der Waals surface area (Å²) < 4.78 is 39.5. The van der Waals surface area contributed by atoms with Gasteiger partial charge in [-0.1, -0.05) is 30.3 Å². The number of nitrogens with one attached hydrogen (secondary N) is 1.